The molecule has 0 fully saturated rings. The lowest BCUT2D eigenvalue weighted by Gasteiger charge is -2.04. The minimum Gasteiger partial charge on any atom is -0.469 e. The third-order valence-corrected chi connectivity index (χ3v) is 1.79. The fraction of sp³-hybridized carbons (Fsp3) is 0.333. The molecule has 0 unspecified atom stereocenters. The van der Waals surface area contributed by atoms with Crippen molar-refractivity contribution < 1.29 is 9.53 Å². The number of nitrogen functional groups attached to an aromatic ring is 1. The van der Waals surface area contributed by atoms with Gasteiger partial charge < -0.3 is 15.0 Å². The highest BCUT2D eigenvalue weighted by Crippen LogP contribution is 1.97. The molecule has 1 aromatic heterocycles. The van der Waals surface area contributed by atoms with Gasteiger partial charge in [-0.15, -0.1) is 0 Å². The lowest BCUT2D eigenvalue weighted by atomic mass is 10.4. The number of carbonyl (C=O) groups excluding carboxylic acids is 1. The topological polar surface area (TPSA) is 74.3 Å². The highest BCUT2D eigenvalue weighted by molar-refractivity contribution is 5.68. The molecular weight excluding hydrogens is 184 g/mol. The number of esters is 1. The van der Waals surface area contributed by atoms with E-state index in [0.717, 1.165) is 0 Å². The fourth-order valence-electron chi connectivity index (χ4n) is 1.04. The molecule has 1 rings (SSSR count). The molecule has 0 amide bonds. The molecule has 0 saturated carbocycles. The molecule has 14 heavy (non-hydrogen) atoms. The maximum Gasteiger partial charge on any atom is 0.307 e. The van der Waals surface area contributed by atoms with Gasteiger partial charge >= 0.3 is 5.97 Å². The van der Waals surface area contributed by atoms with Gasteiger partial charge in [0.15, 0.2) is 0 Å². The highest BCUT2D eigenvalue weighted by atomic mass is 16.5. The number of aromatic nitrogens is 1. The van der Waals surface area contributed by atoms with Gasteiger partial charge in [0, 0.05) is 24.5 Å². The van der Waals surface area contributed by atoms with E-state index in [1.807, 2.05) is 0 Å². The van der Waals surface area contributed by atoms with Crippen LogP contribution in [0.3, 0.4) is 0 Å². The normalized spacial score (nSPS) is 9.79. The van der Waals surface area contributed by atoms with Gasteiger partial charge in [-0.1, -0.05) is 0 Å². The smallest absolute Gasteiger partial charge is 0.307 e. The Balaban J connectivity index is 2.71. The second kappa shape index (κ2) is 4.45. The van der Waals surface area contributed by atoms with E-state index >= 15 is 0 Å². The number of anilines is 1. The van der Waals surface area contributed by atoms with Crippen molar-refractivity contribution in [3.8, 4) is 0 Å². The predicted molar refractivity (Wildman–Crippen MR) is 51.7 cm³/mol. The molecule has 0 atom stereocenters. The molecule has 1 heterocycles. The van der Waals surface area contributed by atoms with Crippen LogP contribution in [-0.4, -0.2) is 17.6 Å². The minimum absolute atomic E-state index is 0.167. The van der Waals surface area contributed by atoms with E-state index in [1.54, 1.807) is 0 Å². The van der Waals surface area contributed by atoms with E-state index in [4.69, 9.17) is 5.73 Å². The van der Waals surface area contributed by atoms with Gasteiger partial charge in [0.1, 0.15) is 0 Å². The van der Waals surface area contributed by atoms with Crippen molar-refractivity contribution in [2.45, 2.75) is 13.0 Å². The number of nitrogens with two attached hydrogens (primary N) is 1. The number of carbonyl (C=O) groups is 1. The van der Waals surface area contributed by atoms with Gasteiger partial charge in [0.05, 0.1) is 13.5 Å². The predicted octanol–water partition coefficient (Wildman–Crippen LogP) is -0.00640. The first-order valence-electron chi connectivity index (χ1n) is 4.16. The molecule has 0 aliphatic carbocycles. The molecule has 0 aromatic carbocycles. The van der Waals surface area contributed by atoms with E-state index in [-0.39, 0.29) is 24.5 Å². The van der Waals surface area contributed by atoms with Crippen molar-refractivity contribution >= 4 is 11.7 Å². The monoisotopic (exact) mass is 196 g/mol. The summed E-state index contributed by atoms with van der Waals surface area (Å²) < 4.78 is 5.84. The molecule has 0 bridgehead atoms. The Morgan fingerprint density at radius 2 is 2.29 bits per heavy atom. The summed E-state index contributed by atoms with van der Waals surface area (Å²) in [5.41, 5.74) is 5.81. The van der Waals surface area contributed by atoms with E-state index in [2.05, 4.69) is 4.74 Å². The zero-order valence-corrected chi connectivity index (χ0v) is 7.90. The number of methoxy groups -OCH3 is 1. The zero-order chi connectivity index (χ0) is 10.6. The molecule has 5 heteroatoms. The Kier molecular flexibility index (Phi) is 3.28. The van der Waals surface area contributed by atoms with Crippen molar-refractivity contribution in [2.24, 2.45) is 0 Å². The summed E-state index contributed by atoms with van der Waals surface area (Å²) in [6.07, 6.45) is 1.67. The maximum atomic E-state index is 11.2. The van der Waals surface area contributed by atoms with E-state index in [1.165, 1.54) is 30.0 Å². The molecule has 0 aliphatic rings. The van der Waals surface area contributed by atoms with Gasteiger partial charge in [0.2, 0.25) is 0 Å². The average Bonchev–Trinajstić information content (AvgIpc) is 2.19. The van der Waals surface area contributed by atoms with Crippen LogP contribution in [0.5, 0.6) is 0 Å². The lowest BCUT2D eigenvalue weighted by Crippen LogP contribution is -2.20. The number of ether oxygens (including phenoxy) is 1. The second-order valence-corrected chi connectivity index (χ2v) is 2.82. The van der Waals surface area contributed by atoms with Crippen LogP contribution in [0, 0.1) is 0 Å². The van der Waals surface area contributed by atoms with Gasteiger partial charge in [-0.05, 0) is 6.07 Å². The summed E-state index contributed by atoms with van der Waals surface area (Å²) in [6, 6.07) is 2.89. The van der Waals surface area contributed by atoms with Crippen LogP contribution >= 0.6 is 0 Å². The summed E-state index contributed by atoms with van der Waals surface area (Å²) in [7, 11) is 1.31. The first-order chi connectivity index (χ1) is 6.63. The number of hydrogen-bond acceptors (Lipinski definition) is 4. The minimum atomic E-state index is -0.348. The summed E-state index contributed by atoms with van der Waals surface area (Å²) >= 11 is 0. The van der Waals surface area contributed by atoms with Gasteiger partial charge in [0.25, 0.3) is 5.56 Å². The third kappa shape index (κ3) is 2.62. The number of pyridine rings is 1. The SMILES string of the molecule is COC(=O)CCn1cc(N)ccc1=O. The highest BCUT2D eigenvalue weighted by Gasteiger charge is 2.02. The number of nitrogens with zero attached hydrogens (tertiary/aromatic N) is 1. The third-order valence-electron chi connectivity index (χ3n) is 1.79. The Labute approximate surface area is 81.1 Å². The standard InChI is InChI=1S/C9H12N2O3/c1-14-9(13)4-5-11-6-7(10)2-3-8(11)12/h2-3,6H,4-5,10H2,1H3. The Morgan fingerprint density at radius 3 is 2.93 bits per heavy atom. The van der Waals surface area contributed by atoms with Gasteiger partial charge in [-0.2, -0.15) is 0 Å². The van der Waals surface area contributed by atoms with E-state index < -0.39 is 0 Å². The second-order valence-electron chi connectivity index (χ2n) is 2.82. The largest absolute Gasteiger partial charge is 0.469 e. The van der Waals surface area contributed by atoms with Gasteiger partial charge in [-0.3, -0.25) is 9.59 Å². The van der Waals surface area contributed by atoms with E-state index in [0.29, 0.717) is 5.69 Å². The quantitative estimate of drug-likeness (QED) is 0.690. The van der Waals surface area contributed by atoms with Crippen molar-refractivity contribution in [1.29, 1.82) is 0 Å². The maximum absolute atomic E-state index is 11.2. The van der Waals surface area contributed by atoms with Crippen molar-refractivity contribution in [3.05, 3.63) is 28.7 Å². The van der Waals surface area contributed by atoms with Crippen LogP contribution in [0.1, 0.15) is 6.42 Å². The summed E-state index contributed by atoms with van der Waals surface area (Å²) in [4.78, 5) is 22.0. The molecule has 0 radical (unpaired) electrons. The molecule has 0 spiro atoms. The molecule has 1 aromatic rings. The van der Waals surface area contributed by atoms with Crippen LogP contribution in [0.2, 0.25) is 0 Å². The molecule has 2 N–H and O–H groups in total. The van der Waals surface area contributed by atoms with Gasteiger partial charge in [-0.25, -0.2) is 0 Å². The van der Waals surface area contributed by atoms with Crippen LogP contribution in [0.25, 0.3) is 0 Å². The Morgan fingerprint density at radius 1 is 1.57 bits per heavy atom. The van der Waals surface area contributed by atoms with E-state index in [9.17, 15) is 9.59 Å². The first kappa shape index (κ1) is 10.3. The molecule has 76 valence electrons. The summed E-state index contributed by atoms with van der Waals surface area (Å²) in [6.45, 7) is 0.288. The van der Waals surface area contributed by atoms with Crippen molar-refractivity contribution in [3.63, 3.8) is 0 Å². The molecule has 0 aliphatic heterocycles. The average molecular weight is 196 g/mol. The first-order valence-corrected chi connectivity index (χ1v) is 4.16. The van der Waals surface area contributed by atoms with Crippen molar-refractivity contribution in [1.82, 2.24) is 4.57 Å². The van der Waals surface area contributed by atoms with Crippen LogP contribution in [-0.2, 0) is 16.1 Å². The van der Waals surface area contributed by atoms with Crippen molar-refractivity contribution in [2.75, 3.05) is 12.8 Å². The van der Waals surface area contributed by atoms with Crippen LogP contribution in [0.4, 0.5) is 5.69 Å². The molecular formula is C9H12N2O3. The number of rotatable bonds is 3. The van der Waals surface area contributed by atoms with Crippen LogP contribution in [0.15, 0.2) is 23.1 Å². The Hall–Kier alpha value is -1.78. The number of hydrogen-bond donors (Lipinski definition) is 1. The summed E-state index contributed by atoms with van der Waals surface area (Å²) in [5.74, 6) is -0.348. The molecule has 0 saturated heterocycles. The number of aryl methyl sites for hydroxylation is 1. The molecule has 5 nitrogen and oxygen atoms in total. The summed E-state index contributed by atoms with van der Waals surface area (Å²) in [5, 5.41) is 0. The van der Waals surface area contributed by atoms with Crippen LogP contribution < -0.4 is 11.3 Å². The Bertz CT molecular complexity index is 384. The fourth-order valence-corrected chi connectivity index (χ4v) is 1.04. The lowest BCUT2D eigenvalue weighted by molar-refractivity contribution is -0.140. The zero-order valence-electron chi connectivity index (χ0n) is 7.90.